The average molecular weight is 397 g/mol. The molecule has 1 aliphatic carbocycles. The number of hydrogen-bond donors (Lipinski definition) is 0. The van der Waals surface area contributed by atoms with Crippen LogP contribution in [0.15, 0.2) is 35.5 Å². The molecule has 2 fully saturated rings. The standard InChI is InChI=1S/C22H28N4OS/c1-3-9-19(10-4-1)21-23-24-22(26(21)20-11-5-2-6-12-20)28-18-8-7-13-25-14-16-27-17-15-25/h1,3-4,9-10,20H,2,5-6,11-18H2. The summed E-state index contributed by atoms with van der Waals surface area (Å²) in [5, 5.41) is 10.1. The maximum absolute atomic E-state index is 5.38. The molecule has 148 valence electrons. The summed E-state index contributed by atoms with van der Waals surface area (Å²) in [6.07, 6.45) is 6.36. The molecule has 2 aliphatic rings. The maximum Gasteiger partial charge on any atom is 0.192 e. The van der Waals surface area contributed by atoms with Crippen molar-refractivity contribution in [3.8, 4) is 23.2 Å². The lowest BCUT2D eigenvalue weighted by molar-refractivity contribution is 0.0443. The summed E-state index contributed by atoms with van der Waals surface area (Å²) in [6, 6.07) is 10.9. The molecule has 0 N–H and O–H groups in total. The van der Waals surface area contributed by atoms with E-state index in [0.29, 0.717) is 6.04 Å². The molecule has 0 radical (unpaired) electrons. The van der Waals surface area contributed by atoms with Gasteiger partial charge in [0, 0.05) is 24.7 Å². The molecule has 1 aromatic heterocycles. The Hall–Kier alpha value is -1.81. The molecule has 4 rings (SSSR count). The monoisotopic (exact) mass is 396 g/mol. The van der Waals surface area contributed by atoms with Crippen LogP contribution in [0.25, 0.3) is 11.4 Å². The lowest BCUT2D eigenvalue weighted by atomic mass is 9.95. The molecule has 0 spiro atoms. The van der Waals surface area contributed by atoms with Gasteiger partial charge in [0.1, 0.15) is 0 Å². The van der Waals surface area contributed by atoms with Crippen LogP contribution in [0.4, 0.5) is 0 Å². The Labute approximate surface area is 171 Å². The highest BCUT2D eigenvalue weighted by Crippen LogP contribution is 2.35. The van der Waals surface area contributed by atoms with Crippen LogP contribution in [0.3, 0.4) is 0 Å². The summed E-state index contributed by atoms with van der Waals surface area (Å²) in [4.78, 5) is 2.35. The molecule has 0 amide bonds. The predicted octanol–water partition coefficient (Wildman–Crippen LogP) is 3.88. The first-order chi connectivity index (χ1) is 13.9. The van der Waals surface area contributed by atoms with Crippen LogP contribution in [0, 0.1) is 11.8 Å². The highest BCUT2D eigenvalue weighted by Gasteiger charge is 2.23. The van der Waals surface area contributed by atoms with E-state index in [9.17, 15) is 0 Å². The number of ether oxygens (including phenoxy) is 1. The van der Waals surface area contributed by atoms with Gasteiger partial charge in [-0.3, -0.25) is 9.47 Å². The van der Waals surface area contributed by atoms with Gasteiger partial charge in [-0.25, -0.2) is 0 Å². The molecule has 28 heavy (non-hydrogen) atoms. The van der Waals surface area contributed by atoms with Gasteiger partial charge in [0.05, 0.1) is 25.5 Å². The van der Waals surface area contributed by atoms with E-state index in [2.05, 4.69) is 55.8 Å². The second kappa shape index (κ2) is 10.1. The van der Waals surface area contributed by atoms with Gasteiger partial charge < -0.3 is 4.74 Å². The SMILES string of the molecule is C(#CCN1CCOCC1)CSc1nnc(-c2ccccc2)n1C1CCCCC1. The van der Waals surface area contributed by atoms with Crippen molar-refractivity contribution in [3.63, 3.8) is 0 Å². The molecule has 0 bridgehead atoms. The van der Waals surface area contributed by atoms with Crippen molar-refractivity contribution in [2.24, 2.45) is 0 Å². The lowest BCUT2D eigenvalue weighted by Crippen LogP contribution is -2.36. The van der Waals surface area contributed by atoms with Crippen molar-refractivity contribution in [3.05, 3.63) is 30.3 Å². The van der Waals surface area contributed by atoms with E-state index >= 15 is 0 Å². The van der Waals surface area contributed by atoms with Gasteiger partial charge in [0.25, 0.3) is 0 Å². The van der Waals surface area contributed by atoms with Crippen molar-refractivity contribution in [1.29, 1.82) is 0 Å². The Morgan fingerprint density at radius 3 is 2.57 bits per heavy atom. The van der Waals surface area contributed by atoms with E-state index in [-0.39, 0.29) is 0 Å². The summed E-state index contributed by atoms with van der Waals surface area (Å²) in [5.41, 5.74) is 1.14. The molecular formula is C22H28N4OS. The third-order valence-corrected chi connectivity index (χ3v) is 6.27. The smallest absolute Gasteiger partial charge is 0.192 e. The molecule has 0 unspecified atom stereocenters. The molecule has 5 nitrogen and oxygen atoms in total. The van der Waals surface area contributed by atoms with Crippen LogP contribution in [-0.2, 0) is 4.74 Å². The molecule has 2 aromatic rings. The Morgan fingerprint density at radius 1 is 1.00 bits per heavy atom. The van der Waals surface area contributed by atoms with E-state index in [1.165, 1.54) is 32.1 Å². The molecule has 1 saturated carbocycles. The zero-order valence-electron chi connectivity index (χ0n) is 16.3. The summed E-state index contributed by atoms with van der Waals surface area (Å²) in [7, 11) is 0. The predicted molar refractivity (Wildman–Crippen MR) is 113 cm³/mol. The topological polar surface area (TPSA) is 43.2 Å². The number of aromatic nitrogens is 3. The van der Waals surface area contributed by atoms with Gasteiger partial charge in [0.15, 0.2) is 11.0 Å². The van der Waals surface area contributed by atoms with Crippen LogP contribution >= 0.6 is 11.8 Å². The van der Waals surface area contributed by atoms with Gasteiger partial charge in [-0.05, 0) is 12.8 Å². The number of rotatable bonds is 5. The Bertz CT molecular complexity index is 799. The Kier molecular flexibility index (Phi) is 7.04. The average Bonchev–Trinajstić information content (AvgIpc) is 3.19. The minimum Gasteiger partial charge on any atom is -0.379 e. The first-order valence-electron chi connectivity index (χ1n) is 10.3. The first-order valence-corrected chi connectivity index (χ1v) is 11.3. The van der Waals surface area contributed by atoms with Crippen LogP contribution in [0.1, 0.15) is 38.1 Å². The highest BCUT2D eigenvalue weighted by molar-refractivity contribution is 7.99. The minimum absolute atomic E-state index is 0.503. The number of thioether (sulfide) groups is 1. The summed E-state index contributed by atoms with van der Waals surface area (Å²) in [5.74, 6) is 8.37. The fourth-order valence-electron chi connectivity index (χ4n) is 3.91. The lowest BCUT2D eigenvalue weighted by Gasteiger charge is -2.25. The maximum atomic E-state index is 5.38. The number of nitrogens with zero attached hydrogens (tertiary/aromatic N) is 4. The van der Waals surface area contributed by atoms with Crippen LogP contribution in [0.5, 0.6) is 0 Å². The van der Waals surface area contributed by atoms with E-state index < -0.39 is 0 Å². The summed E-state index contributed by atoms with van der Waals surface area (Å²) >= 11 is 1.72. The molecule has 2 heterocycles. The molecular weight excluding hydrogens is 368 g/mol. The second-order valence-corrected chi connectivity index (χ2v) is 8.31. The van der Waals surface area contributed by atoms with Gasteiger partial charge in [0.2, 0.25) is 0 Å². The van der Waals surface area contributed by atoms with Crippen molar-refractivity contribution in [2.45, 2.75) is 43.3 Å². The van der Waals surface area contributed by atoms with Gasteiger partial charge >= 0.3 is 0 Å². The molecule has 1 aliphatic heterocycles. The van der Waals surface area contributed by atoms with E-state index in [4.69, 9.17) is 4.74 Å². The second-order valence-electron chi connectivity index (χ2n) is 7.36. The van der Waals surface area contributed by atoms with Crippen LogP contribution in [0.2, 0.25) is 0 Å². The third-order valence-electron chi connectivity index (χ3n) is 5.44. The fourth-order valence-corrected chi connectivity index (χ4v) is 4.68. The zero-order chi connectivity index (χ0) is 19.0. The first kappa shape index (κ1) is 19.5. The molecule has 1 aromatic carbocycles. The van der Waals surface area contributed by atoms with Crippen molar-refractivity contribution >= 4 is 11.8 Å². The van der Waals surface area contributed by atoms with E-state index in [1.807, 2.05) is 6.07 Å². The number of benzene rings is 1. The molecule has 6 heteroatoms. The Balaban J connectivity index is 1.45. The highest BCUT2D eigenvalue weighted by atomic mass is 32.2. The fraction of sp³-hybridized carbons (Fsp3) is 0.545. The van der Waals surface area contributed by atoms with Crippen molar-refractivity contribution < 1.29 is 4.74 Å². The van der Waals surface area contributed by atoms with Crippen LogP contribution in [-0.4, -0.2) is 58.3 Å². The zero-order valence-corrected chi connectivity index (χ0v) is 17.2. The third kappa shape index (κ3) is 4.96. The number of hydrogen-bond acceptors (Lipinski definition) is 5. The van der Waals surface area contributed by atoms with Gasteiger partial charge in [-0.1, -0.05) is 73.2 Å². The summed E-state index contributed by atoms with van der Waals surface area (Å²) < 4.78 is 7.76. The van der Waals surface area contributed by atoms with Crippen molar-refractivity contribution in [1.82, 2.24) is 19.7 Å². The quantitative estimate of drug-likeness (QED) is 0.567. The van der Waals surface area contributed by atoms with E-state index in [0.717, 1.165) is 55.1 Å². The molecule has 0 atom stereocenters. The summed E-state index contributed by atoms with van der Waals surface area (Å²) in [6.45, 7) is 4.44. The normalized spacial score (nSPS) is 18.6. The number of morpholine rings is 1. The molecule has 1 saturated heterocycles. The minimum atomic E-state index is 0.503. The van der Waals surface area contributed by atoms with Gasteiger partial charge in [-0.15, -0.1) is 10.2 Å². The van der Waals surface area contributed by atoms with Crippen molar-refractivity contribution in [2.75, 3.05) is 38.6 Å². The largest absolute Gasteiger partial charge is 0.379 e. The van der Waals surface area contributed by atoms with Gasteiger partial charge in [-0.2, -0.15) is 0 Å². The van der Waals surface area contributed by atoms with Crippen LogP contribution < -0.4 is 0 Å². The van der Waals surface area contributed by atoms with E-state index in [1.54, 1.807) is 11.8 Å². The Morgan fingerprint density at radius 2 is 1.79 bits per heavy atom.